The minimum atomic E-state index is -3.58. The molecule has 2 aromatic carbocycles. The van der Waals surface area contributed by atoms with Gasteiger partial charge in [-0.2, -0.15) is 0 Å². The Hall–Kier alpha value is -2.23. The second-order valence-electron chi connectivity index (χ2n) is 7.77. The zero-order valence-electron chi connectivity index (χ0n) is 17.1. The van der Waals surface area contributed by atoms with Crippen molar-refractivity contribution in [3.05, 3.63) is 63.4 Å². The SMILES string of the molecule is CC(C)S(=O)(=O)Nc1cc(C2CC2)ccc1C(=O)Nc1nc(-c2ccc(Br)cc2)cs1. The van der Waals surface area contributed by atoms with Crippen LogP contribution in [0.4, 0.5) is 10.8 Å². The summed E-state index contributed by atoms with van der Waals surface area (Å²) in [5, 5.41) is 4.52. The molecule has 0 bridgehead atoms. The summed E-state index contributed by atoms with van der Waals surface area (Å²) in [5.74, 6) is 0.0346. The fourth-order valence-electron chi connectivity index (χ4n) is 3.03. The van der Waals surface area contributed by atoms with Gasteiger partial charge in [0.15, 0.2) is 5.13 Å². The second-order valence-corrected chi connectivity index (χ2v) is 11.8. The number of hydrogen-bond acceptors (Lipinski definition) is 5. The number of amides is 1. The fraction of sp³-hybridized carbons (Fsp3) is 0.273. The van der Waals surface area contributed by atoms with Crippen LogP contribution < -0.4 is 10.0 Å². The van der Waals surface area contributed by atoms with Crippen LogP contribution in [-0.2, 0) is 10.0 Å². The molecule has 1 aliphatic rings. The lowest BCUT2D eigenvalue weighted by Crippen LogP contribution is -2.24. The van der Waals surface area contributed by atoms with Gasteiger partial charge in [-0.1, -0.05) is 34.1 Å². The summed E-state index contributed by atoms with van der Waals surface area (Å²) >= 11 is 4.73. The number of carbonyl (C=O) groups excluding carboxylic acids is 1. The van der Waals surface area contributed by atoms with Crippen LogP contribution in [0, 0.1) is 0 Å². The molecule has 0 spiro atoms. The molecule has 9 heteroatoms. The summed E-state index contributed by atoms with van der Waals surface area (Å²) in [6.07, 6.45) is 2.17. The summed E-state index contributed by atoms with van der Waals surface area (Å²) < 4.78 is 28.5. The van der Waals surface area contributed by atoms with Crippen molar-refractivity contribution in [2.45, 2.75) is 37.9 Å². The van der Waals surface area contributed by atoms with Gasteiger partial charge in [0.1, 0.15) is 0 Å². The van der Waals surface area contributed by atoms with Gasteiger partial charge in [0, 0.05) is 15.4 Å². The van der Waals surface area contributed by atoms with Crippen LogP contribution in [0.5, 0.6) is 0 Å². The van der Waals surface area contributed by atoms with Crippen LogP contribution in [0.1, 0.15) is 48.5 Å². The molecular formula is C22H22BrN3O3S2. The van der Waals surface area contributed by atoms with Crippen LogP contribution in [0.15, 0.2) is 52.3 Å². The van der Waals surface area contributed by atoms with E-state index in [0.717, 1.165) is 34.1 Å². The molecule has 0 unspecified atom stereocenters. The van der Waals surface area contributed by atoms with E-state index in [9.17, 15) is 13.2 Å². The van der Waals surface area contributed by atoms with Crippen molar-refractivity contribution >= 4 is 54.0 Å². The Labute approximate surface area is 194 Å². The highest BCUT2D eigenvalue weighted by atomic mass is 79.9. The number of benzene rings is 2. The summed E-state index contributed by atoms with van der Waals surface area (Å²) in [6.45, 7) is 3.21. The molecule has 162 valence electrons. The molecule has 1 fully saturated rings. The van der Waals surface area contributed by atoms with Crippen LogP contribution in [0.3, 0.4) is 0 Å². The predicted molar refractivity (Wildman–Crippen MR) is 129 cm³/mol. The Bertz CT molecular complexity index is 1220. The summed E-state index contributed by atoms with van der Waals surface area (Å²) in [6, 6.07) is 13.1. The standard InChI is InChI=1S/C22H22BrN3O3S2/c1-13(2)31(28,29)26-19-11-16(14-3-4-14)7-10-18(19)21(27)25-22-24-20(12-30-22)15-5-8-17(23)9-6-15/h5-14,26H,3-4H2,1-2H3,(H,24,25,27). The lowest BCUT2D eigenvalue weighted by atomic mass is 10.1. The van der Waals surface area contributed by atoms with Crippen molar-refractivity contribution in [3.8, 4) is 11.3 Å². The molecule has 1 amide bonds. The molecule has 4 rings (SSSR count). The highest BCUT2D eigenvalue weighted by Gasteiger charge is 2.27. The third kappa shape index (κ3) is 5.16. The predicted octanol–water partition coefficient (Wildman–Crippen LogP) is 5.85. The zero-order chi connectivity index (χ0) is 22.2. The first kappa shape index (κ1) is 22.0. The second kappa shape index (κ2) is 8.72. The number of halogens is 1. The number of anilines is 2. The highest BCUT2D eigenvalue weighted by Crippen LogP contribution is 2.41. The summed E-state index contributed by atoms with van der Waals surface area (Å²) in [4.78, 5) is 17.5. The summed E-state index contributed by atoms with van der Waals surface area (Å²) in [5.41, 5.74) is 3.33. The summed E-state index contributed by atoms with van der Waals surface area (Å²) in [7, 11) is -3.58. The van der Waals surface area contributed by atoms with Gasteiger partial charge in [0.2, 0.25) is 10.0 Å². The van der Waals surface area contributed by atoms with Crippen molar-refractivity contribution in [1.82, 2.24) is 4.98 Å². The van der Waals surface area contributed by atoms with Crippen LogP contribution >= 0.6 is 27.3 Å². The maximum absolute atomic E-state index is 13.0. The van der Waals surface area contributed by atoms with Gasteiger partial charge in [-0.15, -0.1) is 11.3 Å². The number of carbonyl (C=O) groups is 1. The van der Waals surface area contributed by atoms with Crippen LogP contribution in [0.25, 0.3) is 11.3 Å². The van der Waals surface area contributed by atoms with Gasteiger partial charge in [0.25, 0.3) is 5.91 Å². The van der Waals surface area contributed by atoms with E-state index in [-0.39, 0.29) is 5.56 Å². The molecule has 1 aromatic heterocycles. The molecule has 0 atom stereocenters. The van der Waals surface area contributed by atoms with E-state index < -0.39 is 21.2 Å². The number of nitrogens with zero attached hydrogens (tertiary/aromatic N) is 1. The first-order valence-electron chi connectivity index (χ1n) is 9.91. The lowest BCUT2D eigenvalue weighted by Gasteiger charge is -2.15. The Morgan fingerprint density at radius 3 is 2.52 bits per heavy atom. The van der Waals surface area contributed by atoms with Crippen molar-refractivity contribution in [3.63, 3.8) is 0 Å². The maximum atomic E-state index is 13.0. The Morgan fingerprint density at radius 2 is 1.87 bits per heavy atom. The quantitative estimate of drug-likeness (QED) is 0.409. The average molecular weight is 520 g/mol. The van der Waals surface area contributed by atoms with E-state index in [1.54, 1.807) is 26.0 Å². The number of nitrogens with one attached hydrogen (secondary N) is 2. The van der Waals surface area contributed by atoms with E-state index in [4.69, 9.17) is 0 Å². The molecule has 2 N–H and O–H groups in total. The fourth-order valence-corrected chi connectivity index (χ4v) is 4.73. The number of hydrogen-bond donors (Lipinski definition) is 2. The molecule has 3 aromatic rings. The molecule has 0 saturated heterocycles. The minimum Gasteiger partial charge on any atom is -0.298 e. The van der Waals surface area contributed by atoms with E-state index >= 15 is 0 Å². The van der Waals surface area contributed by atoms with Crippen molar-refractivity contribution in [2.24, 2.45) is 0 Å². The van der Waals surface area contributed by atoms with Gasteiger partial charge in [-0.05, 0) is 62.4 Å². The number of thiazole rings is 1. The van der Waals surface area contributed by atoms with E-state index in [2.05, 4.69) is 31.0 Å². The number of sulfonamides is 1. The van der Waals surface area contributed by atoms with Crippen LogP contribution in [-0.4, -0.2) is 24.6 Å². The molecule has 6 nitrogen and oxygen atoms in total. The zero-order valence-corrected chi connectivity index (χ0v) is 20.3. The molecule has 0 aliphatic heterocycles. The van der Waals surface area contributed by atoms with Gasteiger partial charge >= 0.3 is 0 Å². The average Bonchev–Trinajstić information content (AvgIpc) is 3.47. The largest absolute Gasteiger partial charge is 0.298 e. The Morgan fingerprint density at radius 1 is 1.16 bits per heavy atom. The minimum absolute atomic E-state index is 0.272. The van der Waals surface area contributed by atoms with Gasteiger partial charge in [-0.3, -0.25) is 14.8 Å². The first-order chi connectivity index (χ1) is 14.7. The van der Waals surface area contributed by atoms with Gasteiger partial charge in [-0.25, -0.2) is 13.4 Å². The van der Waals surface area contributed by atoms with E-state index in [1.807, 2.05) is 35.7 Å². The third-order valence-electron chi connectivity index (χ3n) is 5.07. The third-order valence-corrected chi connectivity index (χ3v) is 8.11. The van der Waals surface area contributed by atoms with Gasteiger partial charge in [0.05, 0.1) is 22.2 Å². The maximum Gasteiger partial charge on any atom is 0.259 e. The smallest absolute Gasteiger partial charge is 0.259 e. The molecule has 31 heavy (non-hydrogen) atoms. The normalized spacial score (nSPS) is 13.9. The van der Waals surface area contributed by atoms with Crippen LogP contribution in [0.2, 0.25) is 0 Å². The van der Waals surface area contributed by atoms with E-state index in [0.29, 0.717) is 16.7 Å². The molecule has 1 heterocycles. The molecule has 1 aliphatic carbocycles. The molecular weight excluding hydrogens is 498 g/mol. The molecule has 1 saturated carbocycles. The van der Waals surface area contributed by atoms with E-state index in [1.165, 1.54) is 11.3 Å². The Balaban J connectivity index is 1.58. The lowest BCUT2D eigenvalue weighted by molar-refractivity contribution is 0.102. The van der Waals surface area contributed by atoms with Crippen molar-refractivity contribution in [2.75, 3.05) is 10.0 Å². The van der Waals surface area contributed by atoms with Gasteiger partial charge < -0.3 is 0 Å². The Kier molecular flexibility index (Phi) is 6.18. The molecule has 0 radical (unpaired) electrons. The van der Waals surface area contributed by atoms with Crippen molar-refractivity contribution in [1.29, 1.82) is 0 Å². The monoisotopic (exact) mass is 519 g/mol. The highest BCUT2D eigenvalue weighted by molar-refractivity contribution is 9.10. The number of aromatic nitrogens is 1. The van der Waals surface area contributed by atoms with Crippen molar-refractivity contribution < 1.29 is 13.2 Å². The number of rotatable bonds is 7. The topological polar surface area (TPSA) is 88.2 Å². The first-order valence-corrected chi connectivity index (χ1v) is 13.1.